The quantitative estimate of drug-likeness (QED) is 0.756. The molecule has 0 aliphatic carbocycles. The lowest BCUT2D eigenvalue weighted by Gasteiger charge is -2.04. The lowest BCUT2D eigenvalue weighted by atomic mass is 10.3. The second-order valence-electron chi connectivity index (χ2n) is 4.25. The van der Waals surface area contributed by atoms with Gasteiger partial charge in [0.15, 0.2) is 0 Å². The van der Waals surface area contributed by atoms with E-state index in [-0.39, 0.29) is 5.69 Å². The largest absolute Gasteiger partial charge is 0.364 e. The third kappa shape index (κ3) is 2.20. The average Bonchev–Trinajstić information content (AvgIpc) is 3.03. The summed E-state index contributed by atoms with van der Waals surface area (Å²) in [5.74, 6) is -0.508. The Labute approximate surface area is 109 Å². The molecule has 0 saturated carbocycles. The minimum Gasteiger partial charge on any atom is -0.364 e. The Kier molecular flexibility index (Phi) is 2.75. The van der Waals surface area contributed by atoms with Crippen LogP contribution < -0.4 is 5.73 Å². The van der Waals surface area contributed by atoms with Crippen LogP contribution in [0.1, 0.15) is 10.5 Å². The molecular weight excluding hydrogens is 242 g/mol. The number of primary amides is 1. The number of nitrogens with two attached hydrogens (primary N) is 1. The van der Waals surface area contributed by atoms with Crippen LogP contribution in [-0.2, 0) is 13.1 Å². The molecule has 0 spiro atoms. The SMILES string of the molecule is NC(=O)c1ccn(CCn2ccc3cccnc32)n1. The number of fused-ring (bicyclic) bond motifs is 1. The van der Waals surface area contributed by atoms with E-state index < -0.39 is 5.91 Å². The van der Waals surface area contributed by atoms with E-state index in [1.165, 1.54) is 0 Å². The number of rotatable bonds is 4. The fourth-order valence-electron chi connectivity index (χ4n) is 2.03. The maximum atomic E-state index is 11.0. The topological polar surface area (TPSA) is 78.7 Å². The molecule has 0 aliphatic heterocycles. The van der Waals surface area contributed by atoms with Crippen LogP contribution in [-0.4, -0.2) is 25.2 Å². The first kappa shape index (κ1) is 11.5. The molecule has 0 saturated heterocycles. The van der Waals surface area contributed by atoms with Crippen molar-refractivity contribution < 1.29 is 4.79 Å². The molecule has 0 atom stereocenters. The third-order valence-electron chi connectivity index (χ3n) is 2.99. The van der Waals surface area contributed by atoms with Crippen molar-refractivity contribution in [2.45, 2.75) is 13.1 Å². The molecule has 0 unspecified atom stereocenters. The molecule has 96 valence electrons. The number of hydrogen-bond donors (Lipinski definition) is 1. The highest BCUT2D eigenvalue weighted by Gasteiger charge is 2.05. The molecule has 6 nitrogen and oxygen atoms in total. The predicted octanol–water partition coefficient (Wildman–Crippen LogP) is 1.03. The number of carbonyl (C=O) groups is 1. The molecule has 3 aromatic heterocycles. The minimum atomic E-state index is -0.508. The lowest BCUT2D eigenvalue weighted by molar-refractivity contribution is 0.0994. The van der Waals surface area contributed by atoms with Gasteiger partial charge in [-0.15, -0.1) is 0 Å². The first-order valence-corrected chi connectivity index (χ1v) is 5.97. The van der Waals surface area contributed by atoms with Gasteiger partial charge in [-0.25, -0.2) is 4.98 Å². The number of amides is 1. The van der Waals surface area contributed by atoms with Gasteiger partial charge in [0.25, 0.3) is 5.91 Å². The standard InChI is InChI=1S/C13H13N5O/c14-12(19)11-4-7-18(16-11)9-8-17-6-3-10-2-1-5-15-13(10)17/h1-7H,8-9H2,(H2,14,19). The maximum Gasteiger partial charge on any atom is 0.269 e. The Morgan fingerprint density at radius 1 is 1.21 bits per heavy atom. The van der Waals surface area contributed by atoms with Crippen molar-refractivity contribution in [3.8, 4) is 0 Å². The number of aromatic nitrogens is 4. The van der Waals surface area contributed by atoms with Gasteiger partial charge in [0.05, 0.1) is 6.54 Å². The first-order chi connectivity index (χ1) is 9.24. The van der Waals surface area contributed by atoms with E-state index in [9.17, 15) is 4.79 Å². The summed E-state index contributed by atoms with van der Waals surface area (Å²) in [7, 11) is 0. The van der Waals surface area contributed by atoms with Gasteiger partial charge in [-0.1, -0.05) is 0 Å². The summed E-state index contributed by atoms with van der Waals surface area (Å²) in [6, 6.07) is 7.59. The molecule has 0 aliphatic rings. The summed E-state index contributed by atoms with van der Waals surface area (Å²) in [5, 5.41) is 5.21. The van der Waals surface area contributed by atoms with Crippen LogP contribution >= 0.6 is 0 Å². The maximum absolute atomic E-state index is 11.0. The highest BCUT2D eigenvalue weighted by molar-refractivity contribution is 5.90. The zero-order valence-corrected chi connectivity index (χ0v) is 10.2. The molecule has 0 radical (unpaired) electrons. The van der Waals surface area contributed by atoms with Crippen LogP contribution in [0.2, 0.25) is 0 Å². The van der Waals surface area contributed by atoms with Gasteiger partial charge in [-0.2, -0.15) is 5.10 Å². The van der Waals surface area contributed by atoms with Crippen molar-refractivity contribution in [3.05, 3.63) is 48.5 Å². The van der Waals surface area contributed by atoms with Gasteiger partial charge in [0.1, 0.15) is 11.3 Å². The molecule has 0 aromatic carbocycles. The van der Waals surface area contributed by atoms with Crippen molar-refractivity contribution in [1.29, 1.82) is 0 Å². The molecule has 6 heteroatoms. The highest BCUT2D eigenvalue weighted by atomic mass is 16.1. The Hall–Kier alpha value is -2.63. The van der Waals surface area contributed by atoms with Gasteiger partial charge < -0.3 is 10.3 Å². The van der Waals surface area contributed by atoms with Crippen molar-refractivity contribution in [3.63, 3.8) is 0 Å². The van der Waals surface area contributed by atoms with E-state index in [1.807, 2.05) is 24.4 Å². The minimum absolute atomic E-state index is 0.287. The molecule has 19 heavy (non-hydrogen) atoms. The van der Waals surface area contributed by atoms with Crippen molar-refractivity contribution >= 4 is 16.9 Å². The summed E-state index contributed by atoms with van der Waals surface area (Å²) in [5.41, 5.74) is 6.40. The van der Waals surface area contributed by atoms with Crippen LogP contribution in [0.5, 0.6) is 0 Å². The van der Waals surface area contributed by atoms with Gasteiger partial charge >= 0.3 is 0 Å². The van der Waals surface area contributed by atoms with Crippen LogP contribution in [0, 0.1) is 0 Å². The highest BCUT2D eigenvalue weighted by Crippen LogP contribution is 2.12. The van der Waals surface area contributed by atoms with Gasteiger partial charge in [-0.05, 0) is 24.3 Å². The average molecular weight is 255 g/mol. The number of aryl methyl sites for hydroxylation is 2. The van der Waals surface area contributed by atoms with E-state index in [4.69, 9.17) is 5.73 Å². The molecule has 1 amide bonds. The first-order valence-electron chi connectivity index (χ1n) is 5.97. The van der Waals surface area contributed by atoms with Crippen LogP contribution in [0.4, 0.5) is 0 Å². The van der Waals surface area contributed by atoms with E-state index in [0.29, 0.717) is 6.54 Å². The smallest absolute Gasteiger partial charge is 0.269 e. The molecule has 3 rings (SSSR count). The second kappa shape index (κ2) is 4.56. The van der Waals surface area contributed by atoms with Crippen LogP contribution in [0.3, 0.4) is 0 Å². The van der Waals surface area contributed by atoms with Crippen molar-refractivity contribution in [2.24, 2.45) is 5.73 Å². The van der Waals surface area contributed by atoms with Gasteiger partial charge in [0, 0.05) is 30.5 Å². The predicted molar refractivity (Wildman–Crippen MR) is 70.5 cm³/mol. The zero-order chi connectivity index (χ0) is 13.2. The molecule has 3 aromatic rings. The molecule has 3 heterocycles. The molecule has 0 fully saturated rings. The Bertz CT molecular complexity index is 727. The summed E-state index contributed by atoms with van der Waals surface area (Å²) in [6.45, 7) is 1.40. The molecule has 0 bridgehead atoms. The van der Waals surface area contributed by atoms with E-state index >= 15 is 0 Å². The summed E-state index contributed by atoms with van der Waals surface area (Å²) >= 11 is 0. The fraction of sp³-hybridized carbons (Fsp3) is 0.154. The number of nitrogens with zero attached hydrogens (tertiary/aromatic N) is 4. The zero-order valence-electron chi connectivity index (χ0n) is 10.2. The van der Waals surface area contributed by atoms with E-state index in [2.05, 4.69) is 14.6 Å². The van der Waals surface area contributed by atoms with Crippen LogP contribution in [0.25, 0.3) is 11.0 Å². The second-order valence-corrected chi connectivity index (χ2v) is 4.25. The van der Waals surface area contributed by atoms with Gasteiger partial charge in [0.2, 0.25) is 0 Å². The normalized spacial score (nSPS) is 10.9. The fourth-order valence-corrected chi connectivity index (χ4v) is 2.03. The van der Waals surface area contributed by atoms with Crippen LogP contribution in [0.15, 0.2) is 42.9 Å². The summed E-state index contributed by atoms with van der Waals surface area (Å²) in [4.78, 5) is 15.3. The Balaban J connectivity index is 1.76. The molecular formula is C13H13N5O. The number of hydrogen-bond acceptors (Lipinski definition) is 3. The number of carbonyl (C=O) groups excluding carboxylic acids is 1. The lowest BCUT2D eigenvalue weighted by Crippen LogP contribution is -2.13. The monoisotopic (exact) mass is 255 g/mol. The van der Waals surface area contributed by atoms with Gasteiger partial charge in [-0.3, -0.25) is 9.48 Å². The van der Waals surface area contributed by atoms with E-state index in [1.54, 1.807) is 23.1 Å². The van der Waals surface area contributed by atoms with Crippen molar-refractivity contribution in [1.82, 2.24) is 19.3 Å². The number of pyridine rings is 1. The Morgan fingerprint density at radius 2 is 2.11 bits per heavy atom. The summed E-state index contributed by atoms with van der Waals surface area (Å²) in [6.07, 6.45) is 5.52. The Morgan fingerprint density at radius 3 is 2.89 bits per heavy atom. The van der Waals surface area contributed by atoms with Crippen molar-refractivity contribution in [2.75, 3.05) is 0 Å². The molecule has 2 N–H and O–H groups in total. The van der Waals surface area contributed by atoms with E-state index in [0.717, 1.165) is 17.6 Å². The third-order valence-corrected chi connectivity index (χ3v) is 2.99. The summed E-state index contributed by atoms with van der Waals surface area (Å²) < 4.78 is 3.76.